The molecule has 8 nitrogen and oxygen atoms in total. The highest BCUT2D eigenvalue weighted by Gasteiger charge is 2.36. The number of anilines is 1. The quantitative estimate of drug-likeness (QED) is 0.736. The van der Waals surface area contributed by atoms with E-state index in [-0.39, 0.29) is 36.8 Å². The van der Waals surface area contributed by atoms with Crippen LogP contribution in [-0.2, 0) is 4.79 Å². The van der Waals surface area contributed by atoms with Crippen molar-refractivity contribution in [3.63, 3.8) is 0 Å². The van der Waals surface area contributed by atoms with E-state index < -0.39 is 0 Å². The number of nitrogens with zero attached hydrogens (tertiary/aromatic N) is 5. The van der Waals surface area contributed by atoms with Crippen molar-refractivity contribution in [2.45, 2.75) is 18.5 Å². The van der Waals surface area contributed by atoms with Crippen molar-refractivity contribution >= 4 is 59.2 Å². The van der Waals surface area contributed by atoms with Crippen LogP contribution in [0.5, 0.6) is 0 Å². The highest BCUT2D eigenvalue weighted by atomic mass is 35.5. The number of hydrogen-bond donors (Lipinski definition) is 1. The second-order valence-electron chi connectivity index (χ2n) is 7.45. The van der Waals surface area contributed by atoms with Crippen molar-refractivity contribution in [3.05, 3.63) is 18.2 Å². The number of benzene rings is 1. The molecular formula is C18H26Cl2N6O2S. The summed E-state index contributed by atoms with van der Waals surface area (Å²) in [6, 6.07) is 6.54. The molecule has 160 valence electrons. The molecule has 1 N–H and O–H groups in total. The zero-order valence-electron chi connectivity index (χ0n) is 16.0. The number of nitrogens with one attached hydrogen (secondary N) is 1. The summed E-state index contributed by atoms with van der Waals surface area (Å²) in [5.41, 5.74) is 2.76. The van der Waals surface area contributed by atoms with Gasteiger partial charge >= 0.3 is 0 Å². The molecule has 4 heterocycles. The van der Waals surface area contributed by atoms with E-state index in [0.717, 1.165) is 68.4 Å². The molecule has 29 heavy (non-hydrogen) atoms. The predicted octanol–water partition coefficient (Wildman–Crippen LogP) is 1.45. The Morgan fingerprint density at radius 3 is 2.66 bits per heavy atom. The Hall–Kier alpha value is -1.26. The molecule has 3 fully saturated rings. The average Bonchev–Trinajstić information content (AvgIpc) is 3.48. The van der Waals surface area contributed by atoms with Crippen molar-refractivity contribution in [2.24, 2.45) is 0 Å². The fraction of sp³-hybridized carbons (Fsp3) is 0.611. The minimum absolute atomic E-state index is 0. The van der Waals surface area contributed by atoms with E-state index in [1.807, 2.05) is 28.8 Å². The first-order chi connectivity index (χ1) is 13.3. The van der Waals surface area contributed by atoms with Crippen molar-refractivity contribution in [1.82, 2.24) is 25.4 Å². The maximum Gasteiger partial charge on any atom is 0.240 e. The van der Waals surface area contributed by atoms with Gasteiger partial charge in [0.15, 0.2) is 0 Å². The fourth-order valence-electron chi connectivity index (χ4n) is 4.30. The summed E-state index contributed by atoms with van der Waals surface area (Å²) in [6.45, 7) is 5.80. The Morgan fingerprint density at radius 2 is 1.90 bits per heavy atom. The lowest BCUT2D eigenvalue weighted by Gasteiger charge is -2.39. The highest BCUT2D eigenvalue weighted by Crippen LogP contribution is 2.24. The molecule has 2 aromatic rings. The second-order valence-corrected chi connectivity index (χ2v) is 8.52. The molecule has 1 aromatic carbocycles. The fourth-order valence-corrected chi connectivity index (χ4v) is 5.26. The average molecular weight is 461 g/mol. The standard InChI is InChI=1S/C18H24N6O2S.2ClH/c25-18(24-7-8-27-12-24)17-10-14(11-19-17)23-5-3-22(4-6-23)13-1-2-15-16(9-13)21-26-20-15;;/h1-2,9,14,17,19H,3-8,10-12H2;2*1H/t14-,17-;;/m0../s1. The molecule has 1 amide bonds. The summed E-state index contributed by atoms with van der Waals surface area (Å²) >= 11 is 1.84. The van der Waals surface area contributed by atoms with Gasteiger partial charge < -0.3 is 15.1 Å². The van der Waals surface area contributed by atoms with Crippen molar-refractivity contribution in [1.29, 1.82) is 0 Å². The number of fused-ring (bicyclic) bond motifs is 1. The molecule has 5 rings (SSSR count). The van der Waals surface area contributed by atoms with E-state index in [9.17, 15) is 4.79 Å². The Labute approximate surface area is 186 Å². The van der Waals surface area contributed by atoms with Gasteiger partial charge in [0, 0.05) is 56.8 Å². The van der Waals surface area contributed by atoms with Crippen molar-refractivity contribution < 1.29 is 9.42 Å². The van der Waals surface area contributed by atoms with E-state index in [1.165, 1.54) is 5.69 Å². The van der Waals surface area contributed by atoms with Crippen molar-refractivity contribution in [3.8, 4) is 0 Å². The molecule has 3 aliphatic heterocycles. The molecule has 0 aliphatic carbocycles. The maximum atomic E-state index is 12.6. The Kier molecular flexibility index (Phi) is 7.50. The zero-order chi connectivity index (χ0) is 18.2. The third kappa shape index (κ3) is 4.59. The number of aromatic nitrogens is 2. The molecule has 3 aliphatic rings. The van der Waals surface area contributed by atoms with E-state index in [0.29, 0.717) is 6.04 Å². The van der Waals surface area contributed by atoms with Crippen LogP contribution in [-0.4, -0.2) is 89.0 Å². The van der Waals surface area contributed by atoms with Crippen LogP contribution in [0.25, 0.3) is 11.0 Å². The van der Waals surface area contributed by atoms with Gasteiger partial charge in [0.25, 0.3) is 0 Å². The molecule has 0 saturated carbocycles. The molecule has 11 heteroatoms. The SMILES string of the molecule is Cl.Cl.O=C([C@@H]1C[C@H](N2CCN(c3ccc4nonc4c3)CC2)CN1)N1CCSC1. The van der Waals surface area contributed by atoms with E-state index >= 15 is 0 Å². The van der Waals surface area contributed by atoms with Gasteiger partial charge in [-0.25, -0.2) is 4.63 Å². The summed E-state index contributed by atoms with van der Waals surface area (Å²) < 4.78 is 4.79. The number of thioether (sulfide) groups is 1. The van der Waals surface area contributed by atoms with Gasteiger partial charge in [0.1, 0.15) is 11.0 Å². The Morgan fingerprint density at radius 1 is 1.10 bits per heavy atom. The number of amides is 1. The Bertz CT molecular complexity index is 826. The molecule has 0 radical (unpaired) electrons. The monoisotopic (exact) mass is 460 g/mol. The number of carbonyl (C=O) groups excluding carboxylic acids is 1. The van der Waals surface area contributed by atoms with Gasteiger partial charge in [-0.1, -0.05) is 0 Å². The molecular weight excluding hydrogens is 435 g/mol. The lowest BCUT2D eigenvalue weighted by Crippen LogP contribution is -2.51. The molecule has 0 spiro atoms. The maximum absolute atomic E-state index is 12.6. The van der Waals surface area contributed by atoms with Crippen LogP contribution in [0.2, 0.25) is 0 Å². The Balaban J connectivity index is 0.00000120. The smallest absolute Gasteiger partial charge is 0.240 e. The third-order valence-corrected chi connectivity index (χ3v) is 6.87. The van der Waals surface area contributed by atoms with Crippen LogP contribution >= 0.6 is 36.6 Å². The number of hydrogen-bond acceptors (Lipinski definition) is 8. The summed E-state index contributed by atoms with van der Waals surface area (Å²) in [7, 11) is 0. The van der Waals surface area contributed by atoms with Crippen LogP contribution in [0, 0.1) is 0 Å². The van der Waals surface area contributed by atoms with Gasteiger partial charge in [0.05, 0.1) is 11.9 Å². The minimum atomic E-state index is -0.00574. The number of carbonyl (C=O) groups is 1. The van der Waals surface area contributed by atoms with Crippen LogP contribution in [0.1, 0.15) is 6.42 Å². The molecule has 3 saturated heterocycles. The zero-order valence-corrected chi connectivity index (χ0v) is 18.5. The van der Waals surface area contributed by atoms with E-state index in [1.54, 1.807) is 0 Å². The summed E-state index contributed by atoms with van der Waals surface area (Å²) in [4.78, 5) is 19.5. The number of halogens is 2. The summed E-state index contributed by atoms with van der Waals surface area (Å²) in [5, 5.41) is 11.3. The van der Waals surface area contributed by atoms with E-state index in [2.05, 4.69) is 31.5 Å². The van der Waals surface area contributed by atoms with Gasteiger partial charge in [-0.2, -0.15) is 0 Å². The first kappa shape index (κ1) is 22.4. The van der Waals surface area contributed by atoms with E-state index in [4.69, 9.17) is 4.63 Å². The normalized spacial score (nSPS) is 25.1. The predicted molar refractivity (Wildman–Crippen MR) is 119 cm³/mol. The molecule has 0 unspecified atom stereocenters. The second kappa shape index (κ2) is 9.70. The topological polar surface area (TPSA) is 77.7 Å². The highest BCUT2D eigenvalue weighted by molar-refractivity contribution is 7.99. The van der Waals surface area contributed by atoms with Crippen molar-refractivity contribution in [2.75, 3.05) is 55.8 Å². The third-order valence-electron chi connectivity index (χ3n) is 5.90. The van der Waals surface area contributed by atoms with Gasteiger partial charge in [-0.05, 0) is 34.9 Å². The van der Waals surface area contributed by atoms with Gasteiger partial charge in [0.2, 0.25) is 5.91 Å². The first-order valence-corrected chi connectivity index (χ1v) is 10.7. The van der Waals surface area contributed by atoms with Gasteiger partial charge in [-0.3, -0.25) is 9.69 Å². The number of piperazine rings is 1. The molecule has 0 bridgehead atoms. The molecule has 1 aromatic heterocycles. The van der Waals surface area contributed by atoms with Crippen LogP contribution in [0.4, 0.5) is 5.69 Å². The lowest BCUT2D eigenvalue weighted by molar-refractivity contribution is -0.131. The van der Waals surface area contributed by atoms with Crippen LogP contribution in [0.15, 0.2) is 22.8 Å². The lowest BCUT2D eigenvalue weighted by atomic mass is 10.1. The van der Waals surface area contributed by atoms with Gasteiger partial charge in [-0.15, -0.1) is 36.6 Å². The van der Waals surface area contributed by atoms with Crippen LogP contribution < -0.4 is 10.2 Å². The summed E-state index contributed by atoms with van der Waals surface area (Å²) in [6.07, 6.45) is 0.927. The minimum Gasteiger partial charge on any atom is -0.369 e. The largest absolute Gasteiger partial charge is 0.369 e. The number of rotatable bonds is 3. The van der Waals surface area contributed by atoms with Crippen LogP contribution in [0.3, 0.4) is 0 Å². The summed E-state index contributed by atoms with van der Waals surface area (Å²) in [5.74, 6) is 2.21. The molecule has 2 atom stereocenters. The first-order valence-electron chi connectivity index (χ1n) is 9.59.